The highest BCUT2D eigenvalue weighted by molar-refractivity contribution is 7.84. The molecule has 0 radical (unpaired) electrons. The van der Waals surface area contributed by atoms with E-state index in [4.69, 9.17) is 4.74 Å². The van der Waals surface area contributed by atoms with Gasteiger partial charge in [-0.2, -0.15) is 0 Å². The molecule has 7 nitrogen and oxygen atoms in total. The Hall–Kier alpha value is -1.87. The van der Waals surface area contributed by atoms with Crippen LogP contribution in [-0.4, -0.2) is 25.4 Å². The lowest BCUT2D eigenvalue weighted by atomic mass is 9.89. The molecule has 0 aliphatic rings. The van der Waals surface area contributed by atoms with Crippen LogP contribution in [0.3, 0.4) is 0 Å². The van der Waals surface area contributed by atoms with Crippen LogP contribution in [-0.2, 0) is 26.1 Å². The summed E-state index contributed by atoms with van der Waals surface area (Å²) < 4.78 is 34.6. The molecule has 0 saturated heterocycles. The highest BCUT2D eigenvalue weighted by Crippen LogP contribution is 2.32. The summed E-state index contributed by atoms with van der Waals surface area (Å²) in [6.07, 6.45) is -0.357. The first-order chi connectivity index (χ1) is 12.0. The second-order valence-corrected chi connectivity index (χ2v) is 10.5. The third-order valence-electron chi connectivity index (χ3n) is 3.55. The summed E-state index contributed by atoms with van der Waals surface area (Å²) in [5.74, 6) is -1.39. The van der Waals surface area contributed by atoms with Crippen molar-refractivity contribution in [3.8, 4) is 0 Å². The number of non-ortho nitro benzene ring substituents is 1. The molecule has 0 amide bonds. The van der Waals surface area contributed by atoms with Gasteiger partial charge in [0.2, 0.25) is 0 Å². The Bertz CT molecular complexity index is 755. The lowest BCUT2D eigenvalue weighted by Crippen LogP contribution is -2.48. The van der Waals surface area contributed by atoms with E-state index in [1.807, 2.05) is 0 Å². The van der Waals surface area contributed by atoms with Crippen molar-refractivity contribution in [2.45, 2.75) is 70.8 Å². The third-order valence-corrected chi connectivity index (χ3v) is 5.30. The van der Waals surface area contributed by atoms with E-state index in [0.717, 1.165) is 18.2 Å². The fraction of sp³-hybridized carbons (Fsp3) is 0.611. The lowest BCUT2D eigenvalue weighted by Gasteiger charge is -2.34. The fourth-order valence-corrected chi connectivity index (χ4v) is 3.16. The minimum absolute atomic E-state index is 0.125. The number of benzene rings is 1. The molecule has 0 heterocycles. The van der Waals surface area contributed by atoms with Crippen LogP contribution in [0.1, 0.15) is 60.5 Å². The molecule has 1 N–H and O–H groups in total. The zero-order valence-electron chi connectivity index (χ0n) is 16.7. The Morgan fingerprint density at radius 3 is 2.22 bits per heavy atom. The van der Waals surface area contributed by atoms with E-state index in [-0.39, 0.29) is 17.7 Å². The SMILES string of the molecule is CC(C)(C)OC(=O)CC(C)(N[S@](=O)C(C)(C)C)c1cc([N+](=O)[O-])ccc1F. The van der Waals surface area contributed by atoms with Gasteiger partial charge in [0.05, 0.1) is 32.6 Å². The monoisotopic (exact) mass is 402 g/mol. The number of rotatable bonds is 6. The van der Waals surface area contributed by atoms with Gasteiger partial charge in [-0.25, -0.2) is 13.3 Å². The molecule has 1 rings (SSSR count). The molecule has 2 atom stereocenters. The second kappa shape index (κ2) is 8.02. The summed E-state index contributed by atoms with van der Waals surface area (Å²) in [6, 6.07) is 3.04. The number of halogens is 1. The standard InChI is InChI=1S/C18H27FN2O5S/c1-16(2,3)26-15(22)11-18(7,20-27(25)17(4,5)6)13-10-12(21(23)24)8-9-14(13)19/h8-10,20H,11H2,1-7H3/t18?,27-/m1/s1. The van der Waals surface area contributed by atoms with Gasteiger partial charge in [0.1, 0.15) is 11.4 Å². The highest BCUT2D eigenvalue weighted by atomic mass is 32.2. The number of nitro groups is 1. The van der Waals surface area contributed by atoms with Gasteiger partial charge in [-0.3, -0.25) is 14.9 Å². The Kier molecular flexibility index (Phi) is 6.88. The maximum absolute atomic E-state index is 14.5. The first kappa shape index (κ1) is 23.2. The van der Waals surface area contributed by atoms with Gasteiger partial charge in [0, 0.05) is 17.7 Å². The maximum Gasteiger partial charge on any atom is 0.308 e. The van der Waals surface area contributed by atoms with E-state index in [9.17, 15) is 23.5 Å². The molecule has 0 aromatic heterocycles. The molecule has 1 aromatic rings. The van der Waals surface area contributed by atoms with Crippen LogP contribution >= 0.6 is 0 Å². The maximum atomic E-state index is 14.5. The molecule has 27 heavy (non-hydrogen) atoms. The van der Waals surface area contributed by atoms with Crippen molar-refractivity contribution >= 4 is 22.6 Å². The number of nitro benzene ring substituents is 1. The minimum atomic E-state index is -1.67. The van der Waals surface area contributed by atoms with Crippen molar-refractivity contribution in [1.82, 2.24) is 4.72 Å². The molecule has 1 unspecified atom stereocenters. The Morgan fingerprint density at radius 2 is 1.78 bits per heavy atom. The number of esters is 1. The molecule has 0 bridgehead atoms. The van der Waals surface area contributed by atoms with Crippen LogP contribution in [0, 0.1) is 15.9 Å². The van der Waals surface area contributed by atoms with Gasteiger partial charge in [0.15, 0.2) is 0 Å². The van der Waals surface area contributed by atoms with Crippen LogP contribution in [0.25, 0.3) is 0 Å². The molecule has 0 saturated carbocycles. The minimum Gasteiger partial charge on any atom is -0.460 e. The number of hydrogen-bond donors (Lipinski definition) is 1. The third kappa shape index (κ3) is 6.66. The van der Waals surface area contributed by atoms with Crippen molar-refractivity contribution in [2.75, 3.05) is 0 Å². The number of carbonyl (C=O) groups is 1. The first-order valence-corrected chi connectivity index (χ1v) is 9.56. The summed E-state index contributed by atoms with van der Waals surface area (Å²) in [5, 5.41) is 11.1. The van der Waals surface area contributed by atoms with E-state index in [0.29, 0.717) is 0 Å². The van der Waals surface area contributed by atoms with E-state index < -0.39 is 43.6 Å². The summed E-state index contributed by atoms with van der Waals surface area (Å²) in [6.45, 7) is 11.7. The summed E-state index contributed by atoms with van der Waals surface area (Å²) in [7, 11) is -1.67. The molecular formula is C18H27FN2O5S. The largest absolute Gasteiger partial charge is 0.460 e. The summed E-state index contributed by atoms with van der Waals surface area (Å²) in [4.78, 5) is 22.8. The van der Waals surface area contributed by atoms with Crippen molar-refractivity contribution in [3.05, 3.63) is 39.7 Å². The molecular weight excluding hydrogens is 375 g/mol. The van der Waals surface area contributed by atoms with Crippen LogP contribution in [0.4, 0.5) is 10.1 Å². The zero-order chi connectivity index (χ0) is 21.2. The predicted octanol–water partition coefficient (Wildman–Crippen LogP) is 3.73. The Labute approximate surface area is 161 Å². The molecule has 9 heteroatoms. The van der Waals surface area contributed by atoms with Gasteiger partial charge in [-0.1, -0.05) is 0 Å². The highest BCUT2D eigenvalue weighted by Gasteiger charge is 2.38. The Morgan fingerprint density at radius 1 is 1.22 bits per heavy atom. The quantitative estimate of drug-likeness (QED) is 0.444. The van der Waals surface area contributed by atoms with Crippen molar-refractivity contribution < 1.29 is 23.1 Å². The lowest BCUT2D eigenvalue weighted by molar-refractivity contribution is -0.385. The van der Waals surface area contributed by atoms with E-state index in [1.165, 1.54) is 6.92 Å². The number of nitrogens with one attached hydrogen (secondary N) is 1. The van der Waals surface area contributed by atoms with Crippen LogP contribution in [0.5, 0.6) is 0 Å². The Balaban J connectivity index is 3.41. The van der Waals surface area contributed by atoms with Crippen molar-refractivity contribution in [3.63, 3.8) is 0 Å². The first-order valence-electron chi connectivity index (χ1n) is 8.41. The zero-order valence-corrected chi connectivity index (χ0v) is 17.5. The van der Waals surface area contributed by atoms with Crippen LogP contribution in [0.15, 0.2) is 18.2 Å². The summed E-state index contributed by atoms with van der Waals surface area (Å²) >= 11 is 0. The second-order valence-electron chi connectivity index (χ2n) is 8.50. The van der Waals surface area contributed by atoms with Gasteiger partial charge in [-0.05, 0) is 54.5 Å². The average Bonchev–Trinajstić information content (AvgIpc) is 2.43. The summed E-state index contributed by atoms with van der Waals surface area (Å²) in [5.41, 5.74) is -2.69. The van der Waals surface area contributed by atoms with E-state index >= 15 is 0 Å². The number of ether oxygens (including phenoxy) is 1. The number of hydrogen-bond acceptors (Lipinski definition) is 5. The topological polar surface area (TPSA) is 98.5 Å². The van der Waals surface area contributed by atoms with Gasteiger partial charge in [0.25, 0.3) is 5.69 Å². The van der Waals surface area contributed by atoms with Gasteiger partial charge >= 0.3 is 5.97 Å². The van der Waals surface area contributed by atoms with Crippen molar-refractivity contribution in [2.24, 2.45) is 0 Å². The van der Waals surface area contributed by atoms with Crippen LogP contribution in [0.2, 0.25) is 0 Å². The molecule has 0 aliphatic heterocycles. The molecule has 0 spiro atoms. The van der Waals surface area contributed by atoms with Gasteiger partial charge in [-0.15, -0.1) is 0 Å². The average molecular weight is 402 g/mol. The predicted molar refractivity (Wildman–Crippen MR) is 102 cm³/mol. The van der Waals surface area contributed by atoms with E-state index in [2.05, 4.69) is 4.72 Å². The molecule has 152 valence electrons. The smallest absolute Gasteiger partial charge is 0.308 e. The number of nitrogens with zero attached hydrogens (tertiary/aromatic N) is 1. The molecule has 0 aliphatic carbocycles. The van der Waals surface area contributed by atoms with Gasteiger partial charge < -0.3 is 4.74 Å². The number of carbonyl (C=O) groups excluding carboxylic acids is 1. The van der Waals surface area contributed by atoms with Crippen molar-refractivity contribution in [1.29, 1.82) is 0 Å². The normalized spacial score (nSPS) is 15.7. The van der Waals surface area contributed by atoms with Crippen LogP contribution < -0.4 is 4.72 Å². The van der Waals surface area contributed by atoms with E-state index in [1.54, 1.807) is 41.5 Å². The fourth-order valence-electron chi connectivity index (χ4n) is 2.26. The molecule has 0 fully saturated rings. The molecule has 1 aromatic carbocycles.